The van der Waals surface area contributed by atoms with E-state index < -0.39 is 0 Å². The summed E-state index contributed by atoms with van der Waals surface area (Å²) in [4.78, 5) is 4.38. The highest BCUT2D eigenvalue weighted by Gasteiger charge is 2.27. The van der Waals surface area contributed by atoms with E-state index in [0.29, 0.717) is 12.5 Å². The zero-order chi connectivity index (χ0) is 20.6. The summed E-state index contributed by atoms with van der Waals surface area (Å²) in [5, 5.41) is 6.90. The number of guanidine groups is 1. The lowest BCUT2D eigenvalue weighted by atomic mass is 9.89. The van der Waals surface area contributed by atoms with Crippen molar-refractivity contribution in [3.63, 3.8) is 0 Å². The molecule has 2 aromatic rings. The molecule has 0 bridgehead atoms. The van der Waals surface area contributed by atoms with Gasteiger partial charge < -0.3 is 20.1 Å². The van der Waals surface area contributed by atoms with E-state index in [2.05, 4.69) is 65.9 Å². The molecule has 5 nitrogen and oxygen atoms in total. The number of methoxy groups -OCH3 is 1. The lowest BCUT2D eigenvalue weighted by Gasteiger charge is -2.32. The maximum absolute atomic E-state index is 6.13. The van der Waals surface area contributed by atoms with Gasteiger partial charge in [0, 0.05) is 32.7 Å². The van der Waals surface area contributed by atoms with Gasteiger partial charge in [-0.1, -0.05) is 42.0 Å². The standard InChI is InChI=1S/C24H33N3O2.HI/c1-17-7-10-20(11-8-17)23-21(6-5-13-29-23)16-27-24(25-3)26-15-19-9-12-22(28-4)18(2)14-19;/h7-12,14,21,23H,5-6,13,15-16H2,1-4H3,(H2,25,26,27);1H. The van der Waals surface area contributed by atoms with Gasteiger partial charge >= 0.3 is 0 Å². The molecule has 0 radical (unpaired) electrons. The van der Waals surface area contributed by atoms with Gasteiger partial charge in [0.1, 0.15) is 5.75 Å². The van der Waals surface area contributed by atoms with E-state index >= 15 is 0 Å². The molecule has 0 aliphatic carbocycles. The summed E-state index contributed by atoms with van der Waals surface area (Å²) in [5.74, 6) is 2.15. The van der Waals surface area contributed by atoms with Crippen molar-refractivity contribution >= 4 is 29.9 Å². The number of benzene rings is 2. The number of rotatable bonds is 6. The topological polar surface area (TPSA) is 54.9 Å². The van der Waals surface area contributed by atoms with Crippen molar-refractivity contribution in [1.82, 2.24) is 10.6 Å². The first-order valence-corrected chi connectivity index (χ1v) is 10.4. The van der Waals surface area contributed by atoms with E-state index in [-0.39, 0.29) is 30.1 Å². The molecular formula is C24H34IN3O2. The van der Waals surface area contributed by atoms with E-state index in [0.717, 1.165) is 43.3 Å². The maximum Gasteiger partial charge on any atom is 0.191 e. The molecule has 1 aliphatic rings. The Morgan fingerprint density at radius 2 is 1.90 bits per heavy atom. The number of nitrogens with one attached hydrogen (secondary N) is 2. The molecule has 2 N–H and O–H groups in total. The van der Waals surface area contributed by atoms with Crippen molar-refractivity contribution in [2.24, 2.45) is 10.9 Å². The Labute approximate surface area is 197 Å². The number of aryl methyl sites for hydroxylation is 2. The third-order valence-corrected chi connectivity index (χ3v) is 5.53. The molecule has 0 aromatic heterocycles. The van der Waals surface area contributed by atoms with Crippen LogP contribution in [0, 0.1) is 19.8 Å². The zero-order valence-electron chi connectivity index (χ0n) is 18.4. The summed E-state index contributed by atoms with van der Waals surface area (Å²) in [5.41, 5.74) is 4.87. The SMILES string of the molecule is CN=C(NCc1ccc(OC)c(C)c1)NCC1CCCOC1c1ccc(C)cc1.I. The monoisotopic (exact) mass is 523 g/mol. The van der Waals surface area contributed by atoms with Gasteiger partial charge in [-0.2, -0.15) is 0 Å². The van der Waals surface area contributed by atoms with Crippen molar-refractivity contribution in [2.75, 3.05) is 27.3 Å². The van der Waals surface area contributed by atoms with E-state index in [4.69, 9.17) is 9.47 Å². The normalized spacial score (nSPS) is 19.0. The highest BCUT2D eigenvalue weighted by atomic mass is 127. The van der Waals surface area contributed by atoms with Crippen LogP contribution in [-0.2, 0) is 11.3 Å². The third kappa shape index (κ3) is 6.60. The second-order valence-electron chi connectivity index (χ2n) is 7.72. The van der Waals surface area contributed by atoms with Crippen molar-refractivity contribution in [2.45, 2.75) is 39.3 Å². The second kappa shape index (κ2) is 12.2. The molecule has 1 aliphatic heterocycles. The summed E-state index contributed by atoms with van der Waals surface area (Å²) < 4.78 is 11.5. The van der Waals surface area contributed by atoms with Gasteiger partial charge in [-0.15, -0.1) is 24.0 Å². The molecule has 2 unspecified atom stereocenters. The minimum atomic E-state index is 0. The van der Waals surface area contributed by atoms with Gasteiger partial charge in [-0.05, 0) is 49.4 Å². The number of hydrogen-bond acceptors (Lipinski definition) is 3. The number of halogens is 1. The quantitative estimate of drug-likeness (QED) is 0.326. The van der Waals surface area contributed by atoms with Crippen LogP contribution in [0.5, 0.6) is 5.75 Å². The van der Waals surface area contributed by atoms with E-state index in [1.807, 2.05) is 13.1 Å². The van der Waals surface area contributed by atoms with E-state index in [9.17, 15) is 0 Å². The van der Waals surface area contributed by atoms with Crippen molar-refractivity contribution in [3.05, 3.63) is 64.7 Å². The van der Waals surface area contributed by atoms with Crippen LogP contribution in [-0.4, -0.2) is 33.3 Å². The highest BCUT2D eigenvalue weighted by molar-refractivity contribution is 14.0. The van der Waals surface area contributed by atoms with Crippen molar-refractivity contribution in [3.8, 4) is 5.75 Å². The predicted octanol–water partition coefficient (Wildman–Crippen LogP) is 4.76. The van der Waals surface area contributed by atoms with Crippen LogP contribution in [0.15, 0.2) is 47.5 Å². The van der Waals surface area contributed by atoms with Gasteiger partial charge in [-0.3, -0.25) is 4.99 Å². The Kier molecular flexibility index (Phi) is 9.91. The molecule has 0 spiro atoms. The molecule has 3 rings (SSSR count). The largest absolute Gasteiger partial charge is 0.496 e. The van der Waals surface area contributed by atoms with Gasteiger partial charge in [0.05, 0.1) is 13.2 Å². The summed E-state index contributed by atoms with van der Waals surface area (Å²) in [6, 6.07) is 14.9. The van der Waals surface area contributed by atoms with E-state index in [1.165, 1.54) is 16.7 Å². The Morgan fingerprint density at radius 1 is 1.13 bits per heavy atom. The van der Waals surface area contributed by atoms with Crippen LogP contribution in [0.4, 0.5) is 0 Å². The molecule has 2 atom stereocenters. The molecule has 2 aromatic carbocycles. The number of aliphatic imine (C=N–C) groups is 1. The smallest absolute Gasteiger partial charge is 0.191 e. The Morgan fingerprint density at radius 3 is 2.57 bits per heavy atom. The Bertz CT molecular complexity index is 824. The fraction of sp³-hybridized carbons (Fsp3) is 0.458. The second-order valence-corrected chi connectivity index (χ2v) is 7.72. The zero-order valence-corrected chi connectivity index (χ0v) is 20.7. The molecule has 0 amide bonds. The number of ether oxygens (including phenoxy) is 2. The molecule has 1 saturated heterocycles. The van der Waals surface area contributed by atoms with Gasteiger partial charge in [-0.25, -0.2) is 0 Å². The first-order chi connectivity index (χ1) is 14.1. The third-order valence-electron chi connectivity index (χ3n) is 5.53. The fourth-order valence-electron chi connectivity index (χ4n) is 3.86. The van der Waals surface area contributed by atoms with Crippen molar-refractivity contribution < 1.29 is 9.47 Å². The van der Waals surface area contributed by atoms with Gasteiger partial charge in [0.25, 0.3) is 0 Å². The summed E-state index contributed by atoms with van der Waals surface area (Å²) in [6.45, 7) is 6.56. The van der Waals surface area contributed by atoms with Crippen LogP contribution in [0.2, 0.25) is 0 Å². The van der Waals surface area contributed by atoms with Gasteiger partial charge in [0.15, 0.2) is 5.96 Å². The number of hydrogen-bond donors (Lipinski definition) is 2. The van der Waals surface area contributed by atoms with Crippen LogP contribution in [0.1, 0.15) is 41.2 Å². The first kappa shape index (κ1) is 24.5. The van der Waals surface area contributed by atoms with Crippen molar-refractivity contribution in [1.29, 1.82) is 0 Å². The molecule has 164 valence electrons. The molecule has 1 heterocycles. The maximum atomic E-state index is 6.13. The van der Waals surface area contributed by atoms with Crippen LogP contribution in [0.25, 0.3) is 0 Å². The average molecular weight is 523 g/mol. The summed E-state index contributed by atoms with van der Waals surface area (Å²) in [6.07, 6.45) is 2.39. The van der Waals surface area contributed by atoms with Crippen LogP contribution < -0.4 is 15.4 Å². The minimum Gasteiger partial charge on any atom is -0.496 e. The Balaban J connectivity index is 0.00000320. The van der Waals surface area contributed by atoms with E-state index in [1.54, 1.807) is 7.11 Å². The van der Waals surface area contributed by atoms with Crippen LogP contribution in [0.3, 0.4) is 0 Å². The molecule has 0 saturated carbocycles. The lowest BCUT2D eigenvalue weighted by molar-refractivity contribution is -0.0265. The average Bonchev–Trinajstić information content (AvgIpc) is 2.75. The van der Waals surface area contributed by atoms with Gasteiger partial charge in [0.2, 0.25) is 0 Å². The molecule has 1 fully saturated rings. The van der Waals surface area contributed by atoms with Crippen LogP contribution >= 0.6 is 24.0 Å². The summed E-state index contributed by atoms with van der Waals surface area (Å²) >= 11 is 0. The molecular weight excluding hydrogens is 489 g/mol. The Hall–Kier alpha value is -1.80. The minimum absolute atomic E-state index is 0. The first-order valence-electron chi connectivity index (χ1n) is 10.4. The molecule has 30 heavy (non-hydrogen) atoms. The number of nitrogens with zero attached hydrogens (tertiary/aromatic N) is 1. The lowest BCUT2D eigenvalue weighted by Crippen LogP contribution is -2.41. The molecule has 6 heteroatoms. The predicted molar refractivity (Wildman–Crippen MR) is 134 cm³/mol. The highest BCUT2D eigenvalue weighted by Crippen LogP contribution is 2.33. The fourth-order valence-corrected chi connectivity index (χ4v) is 3.86. The summed E-state index contributed by atoms with van der Waals surface area (Å²) in [7, 11) is 3.51.